The Morgan fingerprint density at radius 1 is 1.05 bits per heavy atom. The maximum Gasteiger partial charge on any atom is 0.411 e. The largest absolute Gasteiger partial charge is 0.411 e. The summed E-state index contributed by atoms with van der Waals surface area (Å²) in [6.07, 6.45) is 1.68. The molecule has 0 radical (unpaired) electrons. The maximum absolute atomic E-state index is 11.7. The number of urea groups is 1. The number of rotatable bonds is 3. The number of amides is 2. The lowest BCUT2D eigenvalue weighted by atomic mass is 10.3. The van der Waals surface area contributed by atoms with E-state index in [0.717, 1.165) is 0 Å². The lowest BCUT2D eigenvalue weighted by Gasteiger charge is -2.03. The number of H-pyrrole nitrogens is 1. The summed E-state index contributed by atoms with van der Waals surface area (Å²) in [5.74, 6) is 0.532. The Balaban J connectivity index is 2.02. The van der Waals surface area contributed by atoms with E-state index in [4.69, 9.17) is 10.7 Å². The Morgan fingerprint density at radius 2 is 1.75 bits per heavy atom. The molecule has 2 rings (SSSR count). The van der Waals surface area contributed by atoms with E-state index in [1.165, 1.54) is 24.3 Å². The van der Waals surface area contributed by atoms with E-state index >= 15 is 0 Å². The van der Waals surface area contributed by atoms with Gasteiger partial charge < -0.3 is 0 Å². The molecule has 0 saturated heterocycles. The van der Waals surface area contributed by atoms with E-state index in [0.29, 0.717) is 11.5 Å². The van der Waals surface area contributed by atoms with Crippen LogP contribution in [0.5, 0.6) is 0 Å². The van der Waals surface area contributed by atoms with Crippen molar-refractivity contribution in [3.8, 4) is 0 Å². The lowest BCUT2D eigenvalue weighted by molar-refractivity contribution is -0.360. The van der Waals surface area contributed by atoms with Crippen molar-refractivity contribution in [1.29, 1.82) is 0 Å². The molecule has 0 aliphatic heterocycles. The summed E-state index contributed by atoms with van der Waals surface area (Å²) in [7, 11) is 1.43. The number of aromatic amines is 1. The van der Waals surface area contributed by atoms with Gasteiger partial charge in [0.15, 0.2) is 0 Å². The summed E-state index contributed by atoms with van der Waals surface area (Å²) in [5, 5.41) is 5.15. The van der Waals surface area contributed by atoms with Crippen molar-refractivity contribution in [2.45, 2.75) is 4.90 Å². The molecule has 2 amide bonds. The zero-order valence-electron chi connectivity index (χ0n) is 10.1. The molecule has 0 saturated carbocycles. The van der Waals surface area contributed by atoms with Crippen LogP contribution in [0, 0.1) is 0 Å². The molecule has 0 fully saturated rings. The van der Waals surface area contributed by atoms with Crippen molar-refractivity contribution in [2.24, 2.45) is 0 Å². The molecule has 1 aromatic heterocycles. The number of halogens is 1. The zero-order chi connectivity index (χ0) is 14.6. The highest BCUT2D eigenvalue weighted by Gasteiger charge is 2.12. The molecular weight excluding hydrogens is 302 g/mol. The molecule has 1 heterocycles. The Hall–Kier alpha value is -2.12. The van der Waals surface area contributed by atoms with Crippen molar-refractivity contribution >= 4 is 37.3 Å². The molecule has 3 N–H and O–H groups in total. The van der Waals surface area contributed by atoms with Gasteiger partial charge in [-0.15, -0.1) is 0 Å². The Bertz CT molecular complexity index is 702. The third-order valence-corrected chi connectivity index (χ3v) is 3.72. The first-order valence-corrected chi connectivity index (χ1v) is 7.85. The highest BCUT2D eigenvalue weighted by Crippen LogP contribution is 2.17. The minimum absolute atomic E-state index is 0.0264. The highest BCUT2D eigenvalue weighted by molar-refractivity contribution is 8.13. The minimum atomic E-state index is -3.76. The summed E-state index contributed by atoms with van der Waals surface area (Å²) in [4.78, 5) is 14.5. The van der Waals surface area contributed by atoms with Crippen LogP contribution < -0.4 is 15.6 Å². The second kappa shape index (κ2) is 5.89. The van der Waals surface area contributed by atoms with Crippen LogP contribution in [0.15, 0.2) is 53.6 Å². The van der Waals surface area contributed by atoms with Gasteiger partial charge in [0.1, 0.15) is 0 Å². The normalized spacial score (nSPS) is 10.8. The van der Waals surface area contributed by atoms with Crippen LogP contribution in [0.1, 0.15) is 0 Å². The number of benzene rings is 1. The van der Waals surface area contributed by atoms with Crippen LogP contribution in [0.25, 0.3) is 0 Å². The van der Waals surface area contributed by atoms with Crippen molar-refractivity contribution in [2.75, 3.05) is 10.6 Å². The number of nitrogens with one attached hydrogen (secondary N) is 3. The molecule has 0 aliphatic carbocycles. The first-order chi connectivity index (χ1) is 9.45. The van der Waals surface area contributed by atoms with Crippen LogP contribution in [0.2, 0.25) is 0 Å². The highest BCUT2D eigenvalue weighted by atomic mass is 35.7. The molecule has 8 heteroatoms. The topological polar surface area (TPSA) is 89.4 Å². The van der Waals surface area contributed by atoms with Crippen molar-refractivity contribution < 1.29 is 18.2 Å². The first-order valence-electron chi connectivity index (χ1n) is 5.54. The van der Waals surface area contributed by atoms with Gasteiger partial charge in [-0.3, -0.25) is 5.32 Å². The fourth-order valence-corrected chi connectivity index (χ4v) is 2.23. The summed E-state index contributed by atoms with van der Waals surface area (Å²) in [6.45, 7) is 0. The SMILES string of the molecule is O=C(Nc1ccc(S(=O)(=O)Cl)cc1)Nc1cccc[nH+]1. The molecule has 2 aromatic rings. The van der Waals surface area contributed by atoms with E-state index in [-0.39, 0.29) is 4.90 Å². The number of pyridine rings is 1. The summed E-state index contributed by atoms with van der Waals surface area (Å²) in [6, 6.07) is 10.3. The van der Waals surface area contributed by atoms with Crippen molar-refractivity contribution in [3.05, 3.63) is 48.7 Å². The number of carbonyl (C=O) groups excluding carboxylic acids is 1. The molecule has 0 aliphatic rings. The Labute approximate surface area is 120 Å². The van der Waals surface area contributed by atoms with Crippen LogP contribution >= 0.6 is 10.7 Å². The van der Waals surface area contributed by atoms with Gasteiger partial charge in [-0.05, 0) is 30.3 Å². The quantitative estimate of drug-likeness (QED) is 0.850. The van der Waals surface area contributed by atoms with E-state index < -0.39 is 15.1 Å². The van der Waals surface area contributed by atoms with E-state index in [2.05, 4.69) is 15.6 Å². The number of hydrogen-bond donors (Lipinski definition) is 2. The maximum atomic E-state index is 11.7. The van der Waals surface area contributed by atoms with Gasteiger partial charge in [-0.2, -0.15) is 5.32 Å². The number of anilines is 2. The van der Waals surface area contributed by atoms with E-state index in [1.54, 1.807) is 24.4 Å². The summed E-state index contributed by atoms with van der Waals surface area (Å²) in [5.41, 5.74) is 0.447. The number of aromatic nitrogens is 1. The van der Waals surface area contributed by atoms with Gasteiger partial charge in [0.05, 0.1) is 11.1 Å². The smallest absolute Gasteiger partial charge is 0.288 e. The third-order valence-electron chi connectivity index (χ3n) is 2.35. The van der Waals surface area contributed by atoms with Gasteiger partial charge >= 0.3 is 6.03 Å². The predicted molar refractivity (Wildman–Crippen MR) is 75.1 cm³/mol. The molecule has 0 spiro atoms. The van der Waals surface area contributed by atoms with E-state index in [9.17, 15) is 13.2 Å². The number of carbonyl (C=O) groups is 1. The summed E-state index contributed by atoms with van der Waals surface area (Å²) >= 11 is 0. The molecule has 1 aromatic carbocycles. The molecule has 0 bridgehead atoms. The fourth-order valence-electron chi connectivity index (χ4n) is 1.46. The van der Waals surface area contributed by atoms with Crippen LogP contribution in [-0.2, 0) is 9.05 Å². The van der Waals surface area contributed by atoms with Gasteiger partial charge in [0, 0.05) is 22.4 Å². The number of hydrogen-bond acceptors (Lipinski definition) is 3. The molecule has 0 atom stereocenters. The Kier molecular flexibility index (Phi) is 4.21. The fraction of sp³-hybridized carbons (Fsp3) is 0. The monoisotopic (exact) mass is 312 g/mol. The predicted octanol–water partition coefficient (Wildman–Crippen LogP) is 2.07. The second-order valence-corrected chi connectivity index (χ2v) is 6.38. The molecular formula is C12H11ClN3O3S+. The van der Waals surface area contributed by atoms with Crippen LogP contribution in [0.4, 0.5) is 16.3 Å². The molecule has 104 valence electrons. The van der Waals surface area contributed by atoms with Crippen LogP contribution in [-0.4, -0.2) is 14.4 Å². The van der Waals surface area contributed by atoms with Crippen molar-refractivity contribution in [3.63, 3.8) is 0 Å². The van der Waals surface area contributed by atoms with Crippen molar-refractivity contribution in [1.82, 2.24) is 0 Å². The second-order valence-electron chi connectivity index (χ2n) is 3.82. The van der Waals surface area contributed by atoms with Gasteiger partial charge in [0.2, 0.25) is 0 Å². The minimum Gasteiger partial charge on any atom is -0.288 e. The van der Waals surface area contributed by atoms with Gasteiger partial charge in [-0.1, -0.05) is 6.07 Å². The van der Waals surface area contributed by atoms with Gasteiger partial charge in [0.25, 0.3) is 14.9 Å². The standard InChI is InChI=1S/C12H10ClN3O3S/c13-20(18,19)10-6-4-9(5-7-10)15-12(17)16-11-3-1-2-8-14-11/h1-8H,(H2,14,15,16,17)/p+1. The lowest BCUT2D eigenvalue weighted by Crippen LogP contribution is -2.23. The van der Waals surface area contributed by atoms with E-state index in [1.807, 2.05) is 0 Å². The van der Waals surface area contributed by atoms with Gasteiger partial charge in [-0.25, -0.2) is 18.2 Å². The molecule has 20 heavy (non-hydrogen) atoms. The molecule has 6 nitrogen and oxygen atoms in total. The summed E-state index contributed by atoms with van der Waals surface area (Å²) < 4.78 is 22.1. The Morgan fingerprint density at radius 3 is 2.30 bits per heavy atom. The zero-order valence-corrected chi connectivity index (χ0v) is 11.7. The average molecular weight is 313 g/mol. The average Bonchev–Trinajstić information content (AvgIpc) is 2.39. The van der Waals surface area contributed by atoms with Crippen LogP contribution in [0.3, 0.4) is 0 Å². The first kappa shape index (κ1) is 14.3. The molecule has 0 unspecified atom stereocenters. The third kappa shape index (κ3) is 3.94.